The maximum absolute atomic E-state index is 5.94. The van der Waals surface area contributed by atoms with Gasteiger partial charge in [0.05, 0.1) is 0 Å². The van der Waals surface area contributed by atoms with Crippen molar-refractivity contribution in [3.63, 3.8) is 0 Å². The highest BCUT2D eigenvalue weighted by Crippen LogP contribution is 2.44. The summed E-state index contributed by atoms with van der Waals surface area (Å²) in [5.41, 5.74) is 6.28. The Morgan fingerprint density at radius 1 is 0.800 bits per heavy atom. The Morgan fingerprint density at radius 3 is 2.00 bits per heavy atom. The lowest BCUT2D eigenvalue weighted by Crippen LogP contribution is -2.52. The molecule has 0 aliphatic heterocycles. The van der Waals surface area contributed by atoms with Gasteiger partial charge in [-0.3, -0.25) is 0 Å². The van der Waals surface area contributed by atoms with Gasteiger partial charge in [0.25, 0.3) is 0 Å². The topological polar surface area (TPSA) is 18.5 Å². The molecule has 3 rings (SSSR count). The normalized spacial score (nSPS) is 14.1. The van der Waals surface area contributed by atoms with E-state index in [-0.39, 0.29) is 5.41 Å². The van der Waals surface area contributed by atoms with E-state index in [0.29, 0.717) is 0 Å². The van der Waals surface area contributed by atoms with Crippen molar-refractivity contribution in [2.75, 3.05) is 14.2 Å². The number of hydrogen-bond donors (Lipinski definition) is 0. The highest BCUT2D eigenvalue weighted by Gasteiger charge is 2.48. The van der Waals surface area contributed by atoms with Crippen molar-refractivity contribution >= 4 is 10.8 Å². The molecule has 3 aromatic rings. The summed E-state index contributed by atoms with van der Waals surface area (Å²) in [6.45, 7) is 11.0. The van der Waals surface area contributed by atoms with Crippen LogP contribution in [0.4, 0.5) is 0 Å². The highest BCUT2D eigenvalue weighted by atomic mass is 16.7. The third kappa shape index (κ3) is 3.46. The maximum atomic E-state index is 5.94. The van der Waals surface area contributed by atoms with Gasteiger partial charge in [0.15, 0.2) is 5.79 Å². The summed E-state index contributed by atoms with van der Waals surface area (Å²) in [6, 6.07) is 20.2. The summed E-state index contributed by atoms with van der Waals surface area (Å²) in [5, 5.41) is 2.72. The Bertz CT molecular complexity index is 991. The van der Waals surface area contributed by atoms with Crippen LogP contribution in [0.25, 0.3) is 21.9 Å². The Hall–Kier alpha value is -2.16. The lowest BCUT2D eigenvalue weighted by Gasteiger charge is -2.46. The summed E-state index contributed by atoms with van der Waals surface area (Å²) in [6.07, 6.45) is 2.76. The fourth-order valence-electron chi connectivity index (χ4n) is 5.15. The molecule has 0 radical (unpaired) electrons. The van der Waals surface area contributed by atoms with Gasteiger partial charge in [-0.15, -0.1) is 0 Å². The summed E-state index contributed by atoms with van der Waals surface area (Å²) in [5.74, 6) is -0.643. The molecule has 0 aromatic heterocycles. The standard InChI is InChI=1S/C28H36O2/c1-8-21-16-19-24(25-13-11-12-20(4)26(21)25)22-14-17-23(18-15-22)27(5,9-2)28(10-3,29-6)30-7/h11-19H,8-10H2,1-7H3. The van der Waals surface area contributed by atoms with E-state index in [1.54, 1.807) is 14.2 Å². The van der Waals surface area contributed by atoms with Crippen LogP contribution in [0, 0.1) is 6.92 Å². The number of fused-ring (bicyclic) bond motifs is 1. The van der Waals surface area contributed by atoms with E-state index in [9.17, 15) is 0 Å². The number of ether oxygens (including phenoxy) is 2. The van der Waals surface area contributed by atoms with Gasteiger partial charge in [-0.05, 0) is 64.8 Å². The SMILES string of the molecule is CCc1ccc(-c2ccc(C(C)(CC)C(CC)(OC)OC)cc2)c2cccc(C)c12. The first-order chi connectivity index (χ1) is 14.4. The number of benzene rings is 3. The number of rotatable bonds is 8. The molecule has 0 saturated carbocycles. The molecule has 0 amide bonds. The van der Waals surface area contributed by atoms with Gasteiger partial charge >= 0.3 is 0 Å². The monoisotopic (exact) mass is 404 g/mol. The lowest BCUT2D eigenvalue weighted by atomic mass is 9.71. The van der Waals surface area contributed by atoms with Gasteiger partial charge in [-0.1, -0.05) is 82.3 Å². The van der Waals surface area contributed by atoms with Gasteiger partial charge in [-0.2, -0.15) is 0 Å². The molecule has 0 fully saturated rings. The lowest BCUT2D eigenvalue weighted by molar-refractivity contribution is -0.250. The molecule has 2 nitrogen and oxygen atoms in total. The molecule has 1 atom stereocenters. The Balaban J connectivity index is 2.12. The zero-order valence-electron chi connectivity index (χ0n) is 19.6. The minimum Gasteiger partial charge on any atom is -0.352 e. The van der Waals surface area contributed by atoms with Crippen LogP contribution < -0.4 is 0 Å². The van der Waals surface area contributed by atoms with Crippen LogP contribution in [0.2, 0.25) is 0 Å². The van der Waals surface area contributed by atoms with Gasteiger partial charge in [0.1, 0.15) is 0 Å². The highest BCUT2D eigenvalue weighted by molar-refractivity contribution is 6.00. The Labute approximate surface area is 182 Å². The van der Waals surface area contributed by atoms with Crippen LogP contribution in [0.15, 0.2) is 54.6 Å². The van der Waals surface area contributed by atoms with Crippen LogP contribution in [0.1, 0.15) is 57.2 Å². The molecule has 0 bridgehead atoms. The average Bonchev–Trinajstić information content (AvgIpc) is 2.80. The molecular formula is C28H36O2. The van der Waals surface area contributed by atoms with Crippen molar-refractivity contribution < 1.29 is 9.47 Å². The van der Waals surface area contributed by atoms with Gasteiger partial charge in [0, 0.05) is 19.6 Å². The minimum atomic E-state index is -0.643. The minimum absolute atomic E-state index is 0.242. The second kappa shape index (κ2) is 8.91. The molecule has 0 aliphatic carbocycles. The third-order valence-electron chi connectivity index (χ3n) is 7.22. The number of hydrogen-bond acceptors (Lipinski definition) is 2. The molecule has 2 heteroatoms. The maximum Gasteiger partial charge on any atom is 0.176 e. The fourth-order valence-corrected chi connectivity index (χ4v) is 5.15. The van der Waals surface area contributed by atoms with Gasteiger partial charge in [0.2, 0.25) is 0 Å². The molecule has 0 heterocycles. The van der Waals surface area contributed by atoms with E-state index in [0.717, 1.165) is 19.3 Å². The first kappa shape index (κ1) is 22.5. The van der Waals surface area contributed by atoms with E-state index in [4.69, 9.17) is 9.47 Å². The molecule has 0 saturated heterocycles. The number of aryl methyl sites for hydroxylation is 2. The molecule has 3 aromatic carbocycles. The summed E-state index contributed by atoms with van der Waals surface area (Å²) < 4.78 is 11.9. The van der Waals surface area contributed by atoms with Crippen molar-refractivity contribution in [3.8, 4) is 11.1 Å². The van der Waals surface area contributed by atoms with Crippen molar-refractivity contribution in [3.05, 3.63) is 71.3 Å². The zero-order chi connectivity index (χ0) is 21.9. The summed E-state index contributed by atoms with van der Waals surface area (Å²) in [4.78, 5) is 0. The van der Waals surface area contributed by atoms with Crippen molar-refractivity contribution in [1.82, 2.24) is 0 Å². The van der Waals surface area contributed by atoms with Crippen LogP contribution in [-0.4, -0.2) is 20.0 Å². The summed E-state index contributed by atoms with van der Waals surface area (Å²) in [7, 11) is 3.50. The van der Waals surface area contributed by atoms with Crippen molar-refractivity contribution in [2.24, 2.45) is 0 Å². The second-order valence-corrected chi connectivity index (χ2v) is 8.40. The van der Waals surface area contributed by atoms with Crippen molar-refractivity contribution in [1.29, 1.82) is 0 Å². The zero-order valence-corrected chi connectivity index (χ0v) is 19.6. The van der Waals surface area contributed by atoms with E-state index in [2.05, 4.69) is 89.2 Å². The fraction of sp³-hybridized carbons (Fsp3) is 0.429. The van der Waals surface area contributed by atoms with Crippen molar-refractivity contribution in [2.45, 2.75) is 65.1 Å². The van der Waals surface area contributed by atoms with E-state index >= 15 is 0 Å². The molecule has 0 N–H and O–H groups in total. The molecule has 160 valence electrons. The second-order valence-electron chi connectivity index (χ2n) is 8.40. The molecule has 0 spiro atoms. The quantitative estimate of drug-likeness (QED) is 0.363. The third-order valence-corrected chi connectivity index (χ3v) is 7.22. The van der Waals surface area contributed by atoms with Crippen LogP contribution >= 0.6 is 0 Å². The van der Waals surface area contributed by atoms with E-state index in [1.165, 1.54) is 38.6 Å². The Kier molecular flexibility index (Phi) is 6.69. The Morgan fingerprint density at radius 2 is 1.47 bits per heavy atom. The van der Waals surface area contributed by atoms with Crippen LogP contribution in [0.5, 0.6) is 0 Å². The van der Waals surface area contributed by atoms with E-state index in [1.807, 2.05) is 0 Å². The smallest absolute Gasteiger partial charge is 0.176 e. The molecule has 30 heavy (non-hydrogen) atoms. The number of methoxy groups -OCH3 is 2. The van der Waals surface area contributed by atoms with Gasteiger partial charge in [-0.25, -0.2) is 0 Å². The summed E-state index contributed by atoms with van der Waals surface area (Å²) >= 11 is 0. The predicted octanol–water partition coefficient (Wildman–Crippen LogP) is 7.44. The largest absolute Gasteiger partial charge is 0.352 e. The first-order valence-corrected chi connectivity index (χ1v) is 11.1. The average molecular weight is 405 g/mol. The molecule has 0 aliphatic rings. The predicted molar refractivity (Wildman–Crippen MR) is 128 cm³/mol. The van der Waals surface area contributed by atoms with Crippen LogP contribution in [-0.2, 0) is 21.3 Å². The van der Waals surface area contributed by atoms with Crippen LogP contribution in [0.3, 0.4) is 0 Å². The first-order valence-electron chi connectivity index (χ1n) is 11.1. The molecular weight excluding hydrogens is 368 g/mol. The van der Waals surface area contributed by atoms with E-state index < -0.39 is 5.79 Å². The molecule has 1 unspecified atom stereocenters. The van der Waals surface area contributed by atoms with Gasteiger partial charge < -0.3 is 9.47 Å².